The Labute approximate surface area is 170 Å². The number of H-pyrrole nitrogens is 1. The first-order chi connectivity index (χ1) is 14.1. The third kappa shape index (κ3) is 3.66. The molecule has 2 saturated heterocycles. The molecule has 0 unspecified atom stereocenters. The van der Waals surface area contributed by atoms with Crippen molar-refractivity contribution in [2.45, 2.75) is 63.8 Å². The van der Waals surface area contributed by atoms with Crippen LogP contribution in [0, 0.1) is 18.3 Å². The maximum absolute atomic E-state index is 9.74. The van der Waals surface area contributed by atoms with E-state index in [0.717, 1.165) is 37.9 Å². The standard InChI is InChI=1S/C20H28N8O/c1-14-11-18(26-25-14)23-17-12-15(13-29)22-19(24-17)27(2)20-7-3-5-16(6-8-20)28(20)10-4-9-21/h11-12,16,29H,3-8,10,13H2,1-2H3,(H2,22,23,24,25,26)/t16-,20-/m0/s1. The van der Waals surface area contributed by atoms with E-state index in [9.17, 15) is 5.11 Å². The molecule has 2 bridgehead atoms. The van der Waals surface area contributed by atoms with Crippen molar-refractivity contribution in [3.63, 3.8) is 0 Å². The fourth-order valence-corrected chi connectivity index (χ4v) is 4.89. The molecule has 2 aliphatic rings. The van der Waals surface area contributed by atoms with Gasteiger partial charge in [-0.05, 0) is 39.0 Å². The molecule has 154 valence electrons. The van der Waals surface area contributed by atoms with Crippen molar-refractivity contribution in [2.75, 3.05) is 23.8 Å². The number of aliphatic hydroxyl groups excluding tert-OH is 1. The van der Waals surface area contributed by atoms with E-state index in [0.29, 0.717) is 35.7 Å². The topological polar surface area (TPSA) is 117 Å². The third-order valence-corrected chi connectivity index (χ3v) is 6.25. The summed E-state index contributed by atoms with van der Waals surface area (Å²) >= 11 is 0. The van der Waals surface area contributed by atoms with Crippen molar-refractivity contribution in [1.29, 1.82) is 5.26 Å². The number of aliphatic hydroxyl groups is 1. The lowest BCUT2D eigenvalue weighted by Gasteiger charge is -2.50. The zero-order chi connectivity index (χ0) is 20.4. The highest BCUT2D eigenvalue weighted by Crippen LogP contribution is 2.46. The van der Waals surface area contributed by atoms with Crippen LogP contribution >= 0.6 is 0 Å². The predicted molar refractivity (Wildman–Crippen MR) is 110 cm³/mol. The number of anilines is 3. The van der Waals surface area contributed by atoms with Gasteiger partial charge in [-0.2, -0.15) is 15.3 Å². The van der Waals surface area contributed by atoms with E-state index < -0.39 is 0 Å². The van der Waals surface area contributed by atoms with Gasteiger partial charge in [-0.25, -0.2) is 4.98 Å². The Morgan fingerprint density at radius 1 is 1.34 bits per heavy atom. The second-order valence-electron chi connectivity index (χ2n) is 7.99. The van der Waals surface area contributed by atoms with Gasteiger partial charge in [-0.15, -0.1) is 0 Å². The van der Waals surface area contributed by atoms with Crippen molar-refractivity contribution in [3.8, 4) is 6.07 Å². The van der Waals surface area contributed by atoms with Crippen LogP contribution in [0.15, 0.2) is 12.1 Å². The maximum Gasteiger partial charge on any atom is 0.228 e. The van der Waals surface area contributed by atoms with Crippen LogP contribution in [0.2, 0.25) is 0 Å². The normalized spacial score (nSPS) is 23.7. The summed E-state index contributed by atoms with van der Waals surface area (Å²) in [6.45, 7) is 2.54. The molecule has 4 heterocycles. The summed E-state index contributed by atoms with van der Waals surface area (Å²) in [6, 6.07) is 6.45. The number of nitrogens with zero attached hydrogens (tertiary/aromatic N) is 6. The summed E-state index contributed by atoms with van der Waals surface area (Å²) in [5.41, 5.74) is 1.34. The molecule has 9 nitrogen and oxygen atoms in total. The van der Waals surface area contributed by atoms with Crippen molar-refractivity contribution >= 4 is 17.6 Å². The van der Waals surface area contributed by atoms with Crippen LogP contribution in [0.3, 0.4) is 0 Å². The molecule has 9 heteroatoms. The number of aryl methyl sites for hydroxylation is 1. The number of fused-ring (bicyclic) bond motifs is 2. The van der Waals surface area contributed by atoms with Crippen molar-refractivity contribution in [3.05, 3.63) is 23.5 Å². The fourth-order valence-electron chi connectivity index (χ4n) is 4.89. The highest BCUT2D eigenvalue weighted by Gasteiger charge is 2.51. The fraction of sp³-hybridized carbons (Fsp3) is 0.600. The van der Waals surface area contributed by atoms with Crippen LogP contribution in [0.25, 0.3) is 0 Å². The SMILES string of the molecule is Cc1cc(Nc2cc(CO)nc(N(C)[C@]34CCC[C@@H](CC3)N4CCC#N)n2)n[nH]1. The Kier molecular flexibility index (Phi) is 5.39. The second kappa shape index (κ2) is 7.97. The Hall–Kier alpha value is -2.70. The number of hydrogen-bond donors (Lipinski definition) is 3. The summed E-state index contributed by atoms with van der Waals surface area (Å²) in [6.07, 6.45) is 6.06. The summed E-state index contributed by atoms with van der Waals surface area (Å²) in [7, 11) is 2.03. The number of rotatable bonds is 7. The van der Waals surface area contributed by atoms with Gasteiger partial charge >= 0.3 is 0 Å². The molecule has 0 aromatic carbocycles. The largest absolute Gasteiger partial charge is 0.390 e. The van der Waals surface area contributed by atoms with Gasteiger partial charge in [0.25, 0.3) is 0 Å². The highest BCUT2D eigenvalue weighted by molar-refractivity contribution is 5.54. The summed E-state index contributed by atoms with van der Waals surface area (Å²) in [5.74, 6) is 1.85. The number of aromatic nitrogens is 4. The first kappa shape index (κ1) is 19.6. The molecule has 0 radical (unpaired) electrons. The zero-order valence-corrected chi connectivity index (χ0v) is 17.0. The van der Waals surface area contributed by atoms with Crippen LogP contribution in [0.1, 0.15) is 49.9 Å². The number of aromatic amines is 1. The molecule has 0 saturated carbocycles. The van der Waals surface area contributed by atoms with Crippen molar-refractivity contribution in [2.24, 2.45) is 0 Å². The Balaban J connectivity index is 1.65. The van der Waals surface area contributed by atoms with E-state index in [4.69, 9.17) is 10.2 Å². The summed E-state index contributed by atoms with van der Waals surface area (Å²) < 4.78 is 0. The molecule has 2 fully saturated rings. The van der Waals surface area contributed by atoms with E-state index in [2.05, 4.69) is 36.4 Å². The van der Waals surface area contributed by atoms with Gasteiger partial charge in [0.05, 0.1) is 24.0 Å². The van der Waals surface area contributed by atoms with Gasteiger partial charge in [-0.3, -0.25) is 10.00 Å². The van der Waals surface area contributed by atoms with Gasteiger partial charge in [-0.1, -0.05) is 0 Å². The Morgan fingerprint density at radius 3 is 2.93 bits per heavy atom. The van der Waals surface area contributed by atoms with E-state index >= 15 is 0 Å². The molecule has 2 atom stereocenters. The average Bonchev–Trinajstić information content (AvgIpc) is 3.21. The average molecular weight is 396 g/mol. The molecular formula is C20H28N8O. The highest BCUT2D eigenvalue weighted by atomic mass is 16.3. The van der Waals surface area contributed by atoms with Crippen LogP contribution < -0.4 is 10.2 Å². The Bertz CT molecular complexity index is 902. The van der Waals surface area contributed by atoms with Crippen LogP contribution in [-0.4, -0.2) is 55.5 Å². The minimum absolute atomic E-state index is 0.161. The minimum Gasteiger partial charge on any atom is -0.390 e. The third-order valence-electron chi connectivity index (χ3n) is 6.25. The molecule has 2 aromatic heterocycles. The van der Waals surface area contributed by atoms with E-state index in [1.54, 1.807) is 6.07 Å². The quantitative estimate of drug-likeness (QED) is 0.653. The first-order valence-electron chi connectivity index (χ1n) is 10.2. The van der Waals surface area contributed by atoms with Crippen molar-refractivity contribution in [1.82, 2.24) is 25.1 Å². The number of nitriles is 1. The zero-order valence-electron chi connectivity index (χ0n) is 17.0. The molecule has 4 rings (SSSR count). The molecule has 0 spiro atoms. The van der Waals surface area contributed by atoms with E-state index in [1.807, 2.05) is 20.0 Å². The lowest BCUT2D eigenvalue weighted by Crippen LogP contribution is -2.60. The molecule has 2 aliphatic heterocycles. The molecule has 3 N–H and O–H groups in total. The number of hydrogen-bond acceptors (Lipinski definition) is 8. The molecule has 29 heavy (non-hydrogen) atoms. The van der Waals surface area contributed by atoms with E-state index in [-0.39, 0.29) is 12.3 Å². The molecule has 2 aromatic rings. The second-order valence-corrected chi connectivity index (χ2v) is 7.99. The van der Waals surface area contributed by atoms with Gasteiger partial charge in [0, 0.05) is 43.9 Å². The summed E-state index contributed by atoms with van der Waals surface area (Å²) in [4.78, 5) is 14.0. The number of piperidine rings is 1. The van der Waals surface area contributed by atoms with Gasteiger partial charge in [0.1, 0.15) is 5.82 Å². The van der Waals surface area contributed by atoms with Gasteiger partial charge in [0.2, 0.25) is 5.95 Å². The Morgan fingerprint density at radius 2 is 2.21 bits per heavy atom. The maximum atomic E-state index is 9.74. The van der Waals surface area contributed by atoms with Gasteiger partial charge in [0.15, 0.2) is 5.82 Å². The monoisotopic (exact) mass is 396 g/mol. The number of nitrogens with one attached hydrogen (secondary N) is 2. The van der Waals surface area contributed by atoms with Crippen LogP contribution in [0.4, 0.5) is 17.6 Å². The lowest BCUT2D eigenvalue weighted by molar-refractivity contribution is 0.0549. The molecule has 0 amide bonds. The molecule has 0 aliphatic carbocycles. The predicted octanol–water partition coefficient (Wildman–Crippen LogP) is 2.44. The lowest BCUT2D eigenvalue weighted by atomic mass is 9.95. The smallest absolute Gasteiger partial charge is 0.228 e. The van der Waals surface area contributed by atoms with E-state index in [1.165, 1.54) is 6.42 Å². The van der Waals surface area contributed by atoms with Crippen LogP contribution in [0.5, 0.6) is 0 Å². The first-order valence-corrected chi connectivity index (χ1v) is 10.2. The summed E-state index contributed by atoms with van der Waals surface area (Å²) in [5, 5.41) is 29.2. The minimum atomic E-state index is -0.173. The van der Waals surface area contributed by atoms with Crippen LogP contribution in [-0.2, 0) is 6.61 Å². The van der Waals surface area contributed by atoms with Gasteiger partial charge < -0.3 is 15.3 Å². The molecular weight excluding hydrogens is 368 g/mol. The van der Waals surface area contributed by atoms with Crippen molar-refractivity contribution < 1.29 is 5.11 Å².